The van der Waals surface area contributed by atoms with Gasteiger partial charge >= 0.3 is 6.03 Å². The summed E-state index contributed by atoms with van der Waals surface area (Å²) in [4.78, 5) is 11.6. The van der Waals surface area contributed by atoms with Crippen molar-refractivity contribution in [2.24, 2.45) is 0 Å². The summed E-state index contributed by atoms with van der Waals surface area (Å²) in [6.07, 6.45) is 3.80. The molecule has 0 aliphatic heterocycles. The molecule has 5 heteroatoms. The Morgan fingerprint density at radius 2 is 2.00 bits per heavy atom. The van der Waals surface area contributed by atoms with Gasteiger partial charge in [-0.2, -0.15) is 0 Å². The van der Waals surface area contributed by atoms with Crippen molar-refractivity contribution < 1.29 is 9.18 Å². The van der Waals surface area contributed by atoms with E-state index in [4.69, 9.17) is 11.6 Å². The average molecular weight is 319 g/mol. The number of rotatable bonds is 5. The molecule has 0 unspecified atom stereocenters. The fourth-order valence-electron chi connectivity index (χ4n) is 1.89. The highest BCUT2D eigenvalue weighted by Gasteiger charge is 1.98. The van der Waals surface area contributed by atoms with Crippen molar-refractivity contribution in [2.45, 2.75) is 6.42 Å². The quantitative estimate of drug-likeness (QED) is 0.860. The first-order chi connectivity index (χ1) is 10.6. The maximum atomic E-state index is 13.0. The zero-order valence-corrected chi connectivity index (χ0v) is 12.6. The lowest BCUT2D eigenvalue weighted by Crippen LogP contribution is -2.33. The number of halogens is 2. The molecular weight excluding hydrogens is 303 g/mol. The Bertz CT molecular complexity index is 673. The second-order valence-electron chi connectivity index (χ2n) is 4.67. The Balaban J connectivity index is 1.72. The lowest BCUT2D eigenvalue weighted by Gasteiger charge is -2.05. The summed E-state index contributed by atoms with van der Waals surface area (Å²) in [6, 6.07) is 13.3. The van der Waals surface area contributed by atoms with Gasteiger partial charge < -0.3 is 10.6 Å². The van der Waals surface area contributed by atoms with Crippen LogP contribution >= 0.6 is 11.6 Å². The molecular formula is C17H16ClFN2O. The number of hydrogen-bond donors (Lipinski definition) is 2. The minimum atomic E-state index is -0.312. The summed E-state index contributed by atoms with van der Waals surface area (Å²) >= 11 is 5.89. The van der Waals surface area contributed by atoms with E-state index in [9.17, 15) is 9.18 Å². The fraction of sp³-hybridized carbons (Fsp3) is 0.118. The third-order valence-corrected chi connectivity index (χ3v) is 3.16. The van der Waals surface area contributed by atoms with E-state index in [0.29, 0.717) is 23.6 Å². The molecule has 22 heavy (non-hydrogen) atoms. The summed E-state index contributed by atoms with van der Waals surface area (Å²) in [5, 5.41) is 5.98. The summed E-state index contributed by atoms with van der Waals surface area (Å²) in [7, 11) is 0. The Labute approximate surface area is 133 Å². The predicted octanol–water partition coefficient (Wildman–Crippen LogP) is 3.99. The van der Waals surface area contributed by atoms with Crippen molar-refractivity contribution in [3.63, 3.8) is 0 Å². The minimum Gasteiger partial charge on any atom is -0.338 e. The number of benzene rings is 2. The molecule has 0 bridgehead atoms. The highest BCUT2D eigenvalue weighted by atomic mass is 35.5. The van der Waals surface area contributed by atoms with E-state index in [1.165, 1.54) is 18.3 Å². The van der Waals surface area contributed by atoms with Crippen LogP contribution in [0.1, 0.15) is 11.1 Å². The van der Waals surface area contributed by atoms with Crippen molar-refractivity contribution in [3.8, 4) is 0 Å². The third kappa shape index (κ3) is 5.58. The van der Waals surface area contributed by atoms with Gasteiger partial charge in [0.2, 0.25) is 0 Å². The molecule has 0 saturated heterocycles. The van der Waals surface area contributed by atoms with Gasteiger partial charge in [-0.05, 0) is 47.9 Å². The summed E-state index contributed by atoms with van der Waals surface area (Å²) in [5.41, 5.74) is 1.74. The normalized spacial score (nSPS) is 10.6. The zero-order valence-electron chi connectivity index (χ0n) is 11.9. The molecule has 0 aliphatic rings. The highest BCUT2D eigenvalue weighted by Crippen LogP contribution is 2.10. The number of carbonyl (C=O) groups is 1. The van der Waals surface area contributed by atoms with Crippen molar-refractivity contribution in [3.05, 3.63) is 76.7 Å². The molecule has 2 rings (SSSR count). The second-order valence-corrected chi connectivity index (χ2v) is 5.10. The van der Waals surface area contributed by atoms with Crippen LogP contribution in [0.4, 0.5) is 9.18 Å². The highest BCUT2D eigenvalue weighted by molar-refractivity contribution is 6.30. The molecule has 0 radical (unpaired) electrons. The van der Waals surface area contributed by atoms with Crippen LogP contribution < -0.4 is 10.6 Å². The van der Waals surface area contributed by atoms with Crippen LogP contribution in [-0.2, 0) is 6.42 Å². The van der Waals surface area contributed by atoms with Gasteiger partial charge in [0.25, 0.3) is 0 Å². The molecule has 3 nitrogen and oxygen atoms in total. The van der Waals surface area contributed by atoms with Gasteiger partial charge in [-0.3, -0.25) is 0 Å². The van der Waals surface area contributed by atoms with Gasteiger partial charge in [-0.15, -0.1) is 0 Å². The first-order valence-electron chi connectivity index (χ1n) is 6.84. The number of urea groups is 1. The SMILES string of the molecule is O=C(N/C=C/c1cccc(F)c1)NCCc1cccc(Cl)c1. The van der Waals surface area contributed by atoms with Crippen molar-refractivity contribution in [1.29, 1.82) is 0 Å². The summed E-state index contributed by atoms with van der Waals surface area (Å²) in [6.45, 7) is 0.500. The van der Waals surface area contributed by atoms with Crippen LogP contribution in [0.2, 0.25) is 5.02 Å². The Hall–Kier alpha value is -2.33. The van der Waals surface area contributed by atoms with Crippen LogP contribution in [-0.4, -0.2) is 12.6 Å². The van der Waals surface area contributed by atoms with Gasteiger partial charge in [0.05, 0.1) is 0 Å². The molecule has 0 spiro atoms. The topological polar surface area (TPSA) is 41.1 Å². The smallest absolute Gasteiger partial charge is 0.318 e. The molecule has 2 aromatic carbocycles. The number of amides is 2. The lowest BCUT2D eigenvalue weighted by atomic mass is 10.1. The maximum Gasteiger partial charge on any atom is 0.318 e. The van der Waals surface area contributed by atoms with E-state index in [0.717, 1.165) is 5.56 Å². The van der Waals surface area contributed by atoms with Gasteiger partial charge in [0, 0.05) is 17.8 Å². The van der Waals surface area contributed by atoms with E-state index >= 15 is 0 Å². The van der Waals surface area contributed by atoms with Gasteiger partial charge in [0.1, 0.15) is 5.82 Å². The molecule has 0 saturated carbocycles. The van der Waals surface area contributed by atoms with Gasteiger partial charge in [-0.25, -0.2) is 9.18 Å². The van der Waals surface area contributed by atoms with Crippen LogP contribution in [0.25, 0.3) is 6.08 Å². The van der Waals surface area contributed by atoms with Crippen LogP contribution in [0.5, 0.6) is 0 Å². The van der Waals surface area contributed by atoms with Gasteiger partial charge in [-0.1, -0.05) is 35.9 Å². The summed E-state index contributed by atoms with van der Waals surface area (Å²) in [5.74, 6) is -0.312. The van der Waals surface area contributed by atoms with E-state index < -0.39 is 0 Å². The summed E-state index contributed by atoms with van der Waals surface area (Å²) < 4.78 is 13.0. The first kappa shape index (κ1) is 16.0. The van der Waals surface area contributed by atoms with Crippen LogP contribution in [0.15, 0.2) is 54.7 Å². The molecule has 2 aromatic rings. The van der Waals surface area contributed by atoms with Crippen LogP contribution in [0.3, 0.4) is 0 Å². The fourth-order valence-corrected chi connectivity index (χ4v) is 2.10. The minimum absolute atomic E-state index is 0.310. The standard InChI is InChI=1S/C17H16ClFN2O/c18-15-5-1-3-13(11-15)7-9-20-17(22)21-10-8-14-4-2-6-16(19)12-14/h1-6,8,10-12H,7,9H2,(H2,20,21,22)/b10-8+. The monoisotopic (exact) mass is 318 g/mol. The predicted molar refractivity (Wildman–Crippen MR) is 87.1 cm³/mol. The largest absolute Gasteiger partial charge is 0.338 e. The van der Waals surface area contributed by atoms with Crippen molar-refractivity contribution in [2.75, 3.05) is 6.54 Å². The first-order valence-corrected chi connectivity index (χ1v) is 7.22. The molecule has 2 amide bonds. The maximum absolute atomic E-state index is 13.0. The number of carbonyl (C=O) groups excluding carboxylic acids is 1. The molecule has 0 heterocycles. The van der Waals surface area contributed by atoms with Crippen molar-refractivity contribution in [1.82, 2.24) is 10.6 Å². The Kier molecular flexibility index (Phi) is 5.98. The molecule has 114 valence electrons. The van der Waals surface area contributed by atoms with E-state index in [1.54, 1.807) is 18.2 Å². The molecule has 2 N–H and O–H groups in total. The van der Waals surface area contributed by atoms with Crippen LogP contribution in [0, 0.1) is 5.82 Å². The number of hydrogen-bond acceptors (Lipinski definition) is 1. The molecule has 0 aromatic heterocycles. The van der Waals surface area contributed by atoms with E-state index in [2.05, 4.69) is 10.6 Å². The Morgan fingerprint density at radius 1 is 1.18 bits per heavy atom. The van der Waals surface area contributed by atoms with E-state index in [-0.39, 0.29) is 11.8 Å². The van der Waals surface area contributed by atoms with Gasteiger partial charge in [0.15, 0.2) is 0 Å². The molecule has 0 atom stereocenters. The lowest BCUT2D eigenvalue weighted by molar-refractivity contribution is 0.244. The Morgan fingerprint density at radius 3 is 2.77 bits per heavy atom. The van der Waals surface area contributed by atoms with Crippen molar-refractivity contribution >= 4 is 23.7 Å². The van der Waals surface area contributed by atoms with E-state index in [1.807, 2.05) is 24.3 Å². The third-order valence-electron chi connectivity index (χ3n) is 2.93. The zero-order chi connectivity index (χ0) is 15.8. The number of nitrogens with one attached hydrogen (secondary N) is 2. The molecule has 0 aliphatic carbocycles. The second kappa shape index (κ2) is 8.20. The average Bonchev–Trinajstić information content (AvgIpc) is 2.47. The molecule has 0 fully saturated rings.